The molecule has 8 heteroatoms. The molecular formula is C10H15F3N4S. The van der Waals surface area contributed by atoms with Crippen LogP contribution in [0.5, 0.6) is 0 Å². The Morgan fingerprint density at radius 2 is 1.94 bits per heavy atom. The van der Waals surface area contributed by atoms with Gasteiger partial charge in [0.15, 0.2) is 0 Å². The van der Waals surface area contributed by atoms with E-state index in [0.717, 1.165) is 32.6 Å². The third kappa shape index (κ3) is 3.11. The molecule has 0 saturated carbocycles. The average Bonchev–Trinajstić information content (AvgIpc) is 2.68. The van der Waals surface area contributed by atoms with Crippen LogP contribution in [0.15, 0.2) is 0 Å². The molecule has 0 unspecified atom stereocenters. The number of aromatic nitrogens is 2. The van der Waals surface area contributed by atoms with Crippen molar-refractivity contribution in [2.75, 3.05) is 37.6 Å². The van der Waals surface area contributed by atoms with Crippen LogP contribution >= 0.6 is 11.3 Å². The second-order valence-corrected chi connectivity index (χ2v) is 5.12. The Morgan fingerprint density at radius 1 is 1.17 bits per heavy atom. The second-order valence-electron chi connectivity index (χ2n) is 4.16. The monoisotopic (exact) mass is 280 g/mol. The van der Waals surface area contributed by atoms with E-state index in [2.05, 4.69) is 22.0 Å². The lowest BCUT2D eigenvalue weighted by molar-refractivity contribution is -0.138. The maximum absolute atomic E-state index is 12.4. The van der Waals surface area contributed by atoms with Crippen LogP contribution in [0.2, 0.25) is 0 Å². The highest BCUT2D eigenvalue weighted by Crippen LogP contribution is 2.34. The van der Waals surface area contributed by atoms with Gasteiger partial charge in [-0.15, -0.1) is 10.2 Å². The summed E-state index contributed by atoms with van der Waals surface area (Å²) in [5, 5.41) is 6.38. The molecule has 0 aliphatic carbocycles. The van der Waals surface area contributed by atoms with E-state index in [9.17, 15) is 13.2 Å². The lowest BCUT2D eigenvalue weighted by atomic mass is 10.4. The van der Waals surface area contributed by atoms with Gasteiger partial charge in [0.1, 0.15) is 0 Å². The van der Waals surface area contributed by atoms with Crippen molar-refractivity contribution >= 4 is 16.5 Å². The Labute approximate surface area is 107 Å². The number of hydrogen-bond donors (Lipinski definition) is 0. The van der Waals surface area contributed by atoms with Crippen molar-refractivity contribution in [3.63, 3.8) is 0 Å². The number of nitrogens with zero attached hydrogens (tertiary/aromatic N) is 4. The molecule has 0 aromatic carbocycles. The third-order valence-electron chi connectivity index (χ3n) is 2.96. The van der Waals surface area contributed by atoms with Gasteiger partial charge < -0.3 is 9.80 Å². The van der Waals surface area contributed by atoms with E-state index in [1.807, 2.05) is 4.90 Å². The number of halogens is 3. The van der Waals surface area contributed by atoms with E-state index < -0.39 is 11.2 Å². The number of likely N-dealkylation sites (N-methyl/N-ethyl adjacent to an activating group) is 1. The zero-order valence-corrected chi connectivity index (χ0v) is 10.9. The van der Waals surface area contributed by atoms with Crippen LogP contribution in [0.25, 0.3) is 0 Å². The first-order chi connectivity index (χ1) is 8.50. The fourth-order valence-corrected chi connectivity index (χ4v) is 2.70. The molecule has 1 aromatic heterocycles. The van der Waals surface area contributed by atoms with Crippen molar-refractivity contribution in [3.8, 4) is 0 Å². The fourth-order valence-electron chi connectivity index (χ4n) is 1.94. The maximum Gasteiger partial charge on any atom is 0.445 e. The molecule has 2 rings (SSSR count). The van der Waals surface area contributed by atoms with E-state index in [1.165, 1.54) is 0 Å². The third-order valence-corrected chi connectivity index (χ3v) is 3.99. The van der Waals surface area contributed by atoms with E-state index in [4.69, 9.17) is 0 Å². The van der Waals surface area contributed by atoms with Gasteiger partial charge in [0.05, 0.1) is 0 Å². The largest absolute Gasteiger partial charge is 0.445 e. The standard InChI is InChI=1S/C10H15F3N4S/c1-2-16-4-3-5-17(7-6-16)9-15-14-8(18-9)10(11,12)13/h2-7H2,1H3. The van der Waals surface area contributed by atoms with Gasteiger partial charge in [-0.1, -0.05) is 18.3 Å². The van der Waals surface area contributed by atoms with Crippen molar-refractivity contribution in [1.82, 2.24) is 15.1 Å². The van der Waals surface area contributed by atoms with Crippen molar-refractivity contribution in [3.05, 3.63) is 5.01 Å². The van der Waals surface area contributed by atoms with Gasteiger partial charge >= 0.3 is 6.18 Å². The number of anilines is 1. The molecule has 102 valence electrons. The molecule has 0 bridgehead atoms. The highest BCUT2D eigenvalue weighted by atomic mass is 32.1. The molecule has 0 N–H and O–H groups in total. The van der Waals surface area contributed by atoms with E-state index >= 15 is 0 Å². The summed E-state index contributed by atoms with van der Waals surface area (Å²) in [6.07, 6.45) is -3.45. The van der Waals surface area contributed by atoms with Gasteiger partial charge in [0.25, 0.3) is 0 Å². The zero-order valence-electron chi connectivity index (χ0n) is 10.1. The van der Waals surface area contributed by atoms with Gasteiger partial charge in [0.2, 0.25) is 10.1 Å². The number of rotatable bonds is 2. The smallest absolute Gasteiger partial charge is 0.345 e. The summed E-state index contributed by atoms with van der Waals surface area (Å²) < 4.78 is 37.3. The molecule has 1 fully saturated rings. The topological polar surface area (TPSA) is 32.3 Å². The second kappa shape index (κ2) is 5.40. The first-order valence-corrected chi connectivity index (χ1v) is 6.70. The van der Waals surface area contributed by atoms with Gasteiger partial charge in [-0.05, 0) is 19.5 Å². The maximum atomic E-state index is 12.4. The minimum Gasteiger partial charge on any atom is -0.345 e. The van der Waals surface area contributed by atoms with E-state index in [1.54, 1.807) is 0 Å². The summed E-state index contributed by atoms with van der Waals surface area (Å²) in [4.78, 5) is 4.17. The first-order valence-electron chi connectivity index (χ1n) is 5.88. The van der Waals surface area contributed by atoms with Crippen LogP contribution in [0, 0.1) is 0 Å². The normalized spacial score (nSPS) is 19.0. The van der Waals surface area contributed by atoms with Crippen LogP contribution in [-0.2, 0) is 6.18 Å². The summed E-state index contributed by atoms with van der Waals surface area (Å²) >= 11 is 0.625. The van der Waals surface area contributed by atoms with Gasteiger partial charge in [0, 0.05) is 19.6 Å². The van der Waals surface area contributed by atoms with Crippen molar-refractivity contribution < 1.29 is 13.2 Å². The van der Waals surface area contributed by atoms with Crippen molar-refractivity contribution in [2.45, 2.75) is 19.5 Å². The van der Waals surface area contributed by atoms with Gasteiger partial charge in [-0.25, -0.2) is 0 Å². The first kappa shape index (κ1) is 13.5. The molecule has 18 heavy (non-hydrogen) atoms. The number of hydrogen-bond acceptors (Lipinski definition) is 5. The Kier molecular flexibility index (Phi) is 4.06. The minimum absolute atomic E-state index is 0.375. The molecule has 1 aliphatic heterocycles. The summed E-state index contributed by atoms with van der Waals surface area (Å²) in [5.74, 6) is 0. The van der Waals surface area contributed by atoms with Crippen molar-refractivity contribution in [2.24, 2.45) is 0 Å². The molecule has 1 saturated heterocycles. The van der Waals surface area contributed by atoms with E-state index in [-0.39, 0.29) is 0 Å². The highest BCUT2D eigenvalue weighted by molar-refractivity contribution is 7.15. The van der Waals surface area contributed by atoms with Crippen LogP contribution < -0.4 is 4.90 Å². The predicted molar refractivity (Wildman–Crippen MR) is 63.9 cm³/mol. The SMILES string of the molecule is CCN1CCCN(c2nnc(C(F)(F)F)s2)CC1. The van der Waals surface area contributed by atoms with Crippen LogP contribution in [-0.4, -0.2) is 47.8 Å². The Hall–Kier alpha value is -0.890. The summed E-state index contributed by atoms with van der Waals surface area (Å²) in [7, 11) is 0. The molecule has 2 heterocycles. The van der Waals surface area contributed by atoms with Crippen LogP contribution in [0.1, 0.15) is 18.4 Å². The summed E-state index contributed by atoms with van der Waals surface area (Å²) in [6.45, 7) is 6.35. The average molecular weight is 280 g/mol. The van der Waals surface area contributed by atoms with Gasteiger partial charge in [-0.2, -0.15) is 13.2 Å². The molecule has 1 aromatic rings. The Bertz CT molecular complexity index is 393. The Morgan fingerprint density at radius 3 is 2.56 bits per heavy atom. The summed E-state index contributed by atoms with van der Waals surface area (Å²) in [6, 6.07) is 0. The quantitative estimate of drug-likeness (QED) is 0.830. The minimum atomic E-state index is -4.39. The highest BCUT2D eigenvalue weighted by Gasteiger charge is 2.36. The fraction of sp³-hybridized carbons (Fsp3) is 0.800. The molecule has 1 aliphatic rings. The van der Waals surface area contributed by atoms with Crippen LogP contribution in [0.4, 0.5) is 18.3 Å². The Balaban J connectivity index is 2.05. The van der Waals surface area contributed by atoms with Crippen LogP contribution in [0.3, 0.4) is 0 Å². The predicted octanol–water partition coefficient (Wildman–Crippen LogP) is 2.09. The molecular weight excluding hydrogens is 265 g/mol. The summed E-state index contributed by atoms with van der Waals surface area (Å²) in [5.41, 5.74) is 0. The molecule has 0 spiro atoms. The van der Waals surface area contributed by atoms with Gasteiger partial charge in [-0.3, -0.25) is 0 Å². The van der Waals surface area contributed by atoms with Crippen molar-refractivity contribution in [1.29, 1.82) is 0 Å². The molecule has 0 atom stereocenters. The zero-order chi connectivity index (χ0) is 13.2. The molecule has 4 nitrogen and oxygen atoms in total. The van der Waals surface area contributed by atoms with E-state index in [0.29, 0.717) is 23.0 Å². The number of alkyl halides is 3. The lowest BCUT2D eigenvalue weighted by Gasteiger charge is -2.19. The molecule has 0 radical (unpaired) electrons. The lowest BCUT2D eigenvalue weighted by Crippen LogP contribution is -2.30. The molecule has 0 amide bonds.